The highest BCUT2D eigenvalue weighted by Crippen LogP contribution is 2.35. The number of rotatable bonds is 16. The second kappa shape index (κ2) is 16.5. The van der Waals surface area contributed by atoms with E-state index in [-0.39, 0.29) is 0 Å². The molecule has 2 saturated carbocycles. The van der Waals surface area contributed by atoms with Crippen LogP contribution in [0.15, 0.2) is 0 Å². The van der Waals surface area contributed by atoms with E-state index in [4.69, 9.17) is 4.74 Å². The fourth-order valence-electron chi connectivity index (χ4n) is 7.07. The van der Waals surface area contributed by atoms with Crippen LogP contribution in [0.4, 0.5) is 0 Å². The van der Waals surface area contributed by atoms with Crippen LogP contribution in [-0.4, -0.2) is 26.3 Å². The first-order valence-electron chi connectivity index (χ1n) is 14.8. The second-order valence-electron chi connectivity index (χ2n) is 11.9. The first-order chi connectivity index (χ1) is 15.6. The van der Waals surface area contributed by atoms with Gasteiger partial charge in [0.15, 0.2) is 0 Å². The minimum atomic E-state index is 0.521. The summed E-state index contributed by atoms with van der Waals surface area (Å²) in [5.74, 6) is 5.22. The van der Waals surface area contributed by atoms with Gasteiger partial charge in [0.25, 0.3) is 0 Å². The summed E-state index contributed by atoms with van der Waals surface area (Å²) in [7, 11) is 1.95. The zero-order valence-electron chi connectivity index (χ0n) is 22.7. The number of unbranched alkanes of at least 4 members (excludes halogenated alkanes) is 1. The molecule has 2 fully saturated rings. The van der Waals surface area contributed by atoms with E-state index >= 15 is 0 Å². The average molecular weight is 450 g/mol. The van der Waals surface area contributed by atoms with Gasteiger partial charge in [0, 0.05) is 7.11 Å². The lowest BCUT2D eigenvalue weighted by atomic mass is 9.75. The van der Waals surface area contributed by atoms with Gasteiger partial charge in [0.1, 0.15) is 0 Å². The maximum Gasteiger partial charge on any atom is 0.0599 e. The maximum atomic E-state index is 5.90. The van der Waals surface area contributed by atoms with Crippen molar-refractivity contribution in [1.82, 2.24) is 5.32 Å². The van der Waals surface area contributed by atoms with Crippen molar-refractivity contribution in [3.63, 3.8) is 0 Å². The topological polar surface area (TPSA) is 21.3 Å². The Kier molecular flexibility index (Phi) is 14.5. The Balaban J connectivity index is 1.95. The summed E-state index contributed by atoms with van der Waals surface area (Å²) in [4.78, 5) is 0. The van der Waals surface area contributed by atoms with Crippen LogP contribution >= 0.6 is 0 Å². The third-order valence-corrected chi connectivity index (χ3v) is 9.07. The van der Waals surface area contributed by atoms with Crippen molar-refractivity contribution in [3.05, 3.63) is 0 Å². The van der Waals surface area contributed by atoms with Gasteiger partial charge in [-0.25, -0.2) is 0 Å². The molecule has 0 saturated heterocycles. The molecule has 5 unspecified atom stereocenters. The van der Waals surface area contributed by atoms with Gasteiger partial charge < -0.3 is 10.1 Å². The summed E-state index contributed by atoms with van der Waals surface area (Å²) >= 11 is 0. The van der Waals surface area contributed by atoms with E-state index in [1.54, 1.807) is 0 Å². The fourth-order valence-corrected chi connectivity index (χ4v) is 7.07. The molecule has 0 aromatic rings. The molecule has 0 heterocycles. The molecule has 0 amide bonds. The predicted molar refractivity (Wildman–Crippen MR) is 141 cm³/mol. The standard InChI is InChI=1S/C30H59NO/c1-6-8-14-28(21-24(3)4)29(20-19-27-17-12-13-18-30(27)32-5)23-31-22-25(7-2)26-15-10-9-11-16-26/h24-31H,6-23H2,1-5H3. The van der Waals surface area contributed by atoms with Gasteiger partial charge in [0.2, 0.25) is 0 Å². The molecule has 0 bridgehead atoms. The van der Waals surface area contributed by atoms with E-state index in [1.165, 1.54) is 116 Å². The van der Waals surface area contributed by atoms with Gasteiger partial charge in [-0.2, -0.15) is 0 Å². The number of methoxy groups -OCH3 is 1. The zero-order valence-corrected chi connectivity index (χ0v) is 22.7. The third-order valence-electron chi connectivity index (χ3n) is 9.07. The van der Waals surface area contributed by atoms with Gasteiger partial charge in [-0.15, -0.1) is 0 Å². The molecule has 32 heavy (non-hydrogen) atoms. The van der Waals surface area contributed by atoms with Crippen LogP contribution in [0, 0.1) is 35.5 Å². The summed E-state index contributed by atoms with van der Waals surface area (Å²) in [6.07, 6.45) is 23.1. The number of hydrogen-bond acceptors (Lipinski definition) is 2. The van der Waals surface area contributed by atoms with Crippen molar-refractivity contribution in [1.29, 1.82) is 0 Å². The van der Waals surface area contributed by atoms with Crippen LogP contribution in [-0.2, 0) is 4.74 Å². The van der Waals surface area contributed by atoms with Crippen molar-refractivity contribution in [3.8, 4) is 0 Å². The lowest BCUT2D eigenvalue weighted by Gasteiger charge is -2.35. The van der Waals surface area contributed by atoms with Crippen LogP contribution in [0.3, 0.4) is 0 Å². The SMILES string of the molecule is CCCCC(CC(C)C)C(CCC1CCCCC1OC)CNCC(CC)C1CCCCC1. The molecule has 2 heteroatoms. The zero-order chi connectivity index (χ0) is 23.2. The van der Waals surface area contributed by atoms with Gasteiger partial charge in [-0.3, -0.25) is 0 Å². The summed E-state index contributed by atoms with van der Waals surface area (Å²) in [6.45, 7) is 12.2. The molecule has 1 N–H and O–H groups in total. The Labute approximate surface area is 202 Å². The predicted octanol–water partition coefficient (Wildman–Crippen LogP) is 8.64. The molecule has 0 aromatic carbocycles. The quantitative estimate of drug-likeness (QED) is 0.254. The largest absolute Gasteiger partial charge is 0.381 e. The summed E-state index contributed by atoms with van der Waals surface area (Å²) in [5, 5.41) is 4.05. The Morgan fingerprint density at radius 1 is 0.844 bits per heavy atom. The van der Waals surface area contributed by atoms with Crippen LogP contribution in [0.2, 0.25) is 0 Å². The molecule has 2 nitrogen and oxygen atoms in total. The van der Waals surface area contributed by atoms with Crippen molar-refractivity contribution < 1.29 is 4.74 Å². The highest BCUT2D eigenvalue weighted by Gasteiger charge is 2.29. The van der Waals surface area contributed by atoms with E-state index in [0.717, 1.165) is 35.5 Å². The molecule has 0 spiro atoms. The highest BCUT2D eigenvalue weighted by atomic mass is 16.5. The van der Waals surface area contributed by atoms with E-state index in [9.17, 15) is 0 Å². The van der Waals surface area contributed by atoms with Crippen LogP contribution in [0.1, 0.15) is 130 Å². The van der Waals surface area contributed by atoms with Crippen molar-refractivity contribution in [2.24, 2.45) is 35.5 Å². The van der Waals surface area contributed by atoms with Gasteiger partial charge in [0.05, 0.1) is 6.10 Å². The maximum absolute atomic E-state index is 5.90. The highest BCUT2D eigenvalue weighted by molar-refractivity contribution is 4.81. The van der Waals surface area contributed by atoms with Crippen molar-refractivity contribution in [2.45, 2.75) is 137 Å². The van der Waals surface area contributed by atoms with Gasteiger partial charge in [-0.1, -0.05) is 98.3 Å². The summed E-state index contributed by atoms with van der Waals surface area (Å²) in [6, 6.07) is 0. The van der Waals surface area contributed by atoms with Gasteiger partial charge >= 0.3 is 0 Å². The minimum Gasteiger partial charge on any atom is -0.381 e. The molecule has 0 aliphatic heterocycles. The third kappa shape index (κ3) is 10.0. The second-order valence-corrected chi connectivity index (χ2v) is 11.9. The Morgan fingerprint density at radius 3 is 2.22 bits per heavy atom. The minimum absolute atomic E-state index is 0.521. The molecule has 2 aliphatic carbocycles. The Morgan fingerprint density at radius 2 is 1.56 bits per heavy atom. The first-order valence-corrected chi connectivity index (χ1v) is 14.8. The summed E-state index contributed by atoms with van der Waals surface area (Å²) in [5.41, 5.74) is 0. The normalized spacial score (nSPS) is 25.7. The average Bonchev–Trinajstić information content (AvgIpc) is 2.82. The van der Waals surface area contributed by atoms with Crippen LogP contribution in [0.25, 0.3) is 0 Å². The van der Waals surface area contributed by atoms with Crippen molar-refractivity contribution >= 4 is 0 Å². The van der Waals surface area contributed by atoms with Crippen LogP contribution < -0.4 is 5.32 Å². The van der Waals surface area contributed by atoms with E-state index in [0.29, 0.717) is 6.10 Å². The smallest absolute Gasteiger partial charge is 0.0599 e. The molecule has 190 valence electrons. The lowest BCUT2D eigenvalue weighted by Crippen LogP contribution is -2.35. The monoisotopic (exact) mass is 449 g/mol. The molecular formula is C30H59NO. The van der Waals surface area contributed by atoms with Crippen molar-refractivity contribution in [2.75, 3.05) is 20.2 Å². The Hall–Kier alpha value is -0.0800. The first kappa shape index (κ1) is 28.2. The molecular weight excluding hydrogens is 390 g/mol. The lowest BCUT2D eigenvalue weighted by molar-refractivity contribution is 0.0164. The van der Waals surface area contributed by atoms with E-state index in [2.05, 4.69) is 33.0 Å². The Bertz CT molecular complexity index is 444. The number of ether oxygens (including phenoxy) is 1. The summed E-state index contributed by atoms with van der Waals surface area (Å²) < 4.78 is 5.90. The molecule has 5 atom stereocenters. The fraction of sp³-hybridized carbons (Fsp3) is 1.00. The number of hydrogen-bond donors (Lipinski definition) is 1. The molecule has 0 radical (unpaired) electrons. The van der Waals surface area contributed by atoms with Crippen LogP contribution in [0.5, 0.6) is 0 Å². The number of nitrogens with one attached hydrogen (secondary N) is 1. The molecule has 0 aromatic heterocycles. The van der Waals surface area contributed by atoms with Gasteiger partial charge in [-0.05, 0) is 80.7 Å². The molecule has 2 rings (SSSR count). The van der Waals surface area contributed by atoms with E-state index in [1.807, 2.05) is 7.11 Å². The molecule has 2 aliphatic rings. The van der Waals surface area contributed by atoms with E-state index < -0.39 is 0 Å².